The van der Waals surface area contributed by atoms with Crippen LogP contribution in [0.2, 0.25) is 0 Å². The van der Waals surface area contributed by atoms with Crippen LogP contribution >= 0.6 is 0 Å². The molecular weight excluding hydrogens is 350 g/mol. The highest BCUT2D eigenvalue weighted by Gasteiger charge is 2.22. The third-order valence-electron chi connectivity index (χ3n) is 3.04. The number of hydrogen-bond donors (Lipinski definition) is 1. The van der Waals surface area contributed by atoms with E-state index in [4.69, 9.17) is 14.2 Å². The molecule has 150 valence electrons. The molecular formula is C20H29NO6. The minimum Gasteiger partial charge on any atom is -0.482 e. The highest BCUT2D eigenvalue weighted by atomic mass is 16.6. The molecule has 0 fully saturated rings. The Balaban J connectivity index is 2.58. The lowest BCUT2D eigenvalue weighted by atomic mass is 10.1. The molecule has 0 spiro atoms. The van der Waals surface area contributed by atoms with E-state index in [-0.39, 0.29) is 12.4 Å². The van der Waals surface area contributed by atoms with Gasteiger partial charge in [0.1, 0.15) is 17.0 Å². The fraction of sp³-hybridized carbons (Fsp3) is 0.550. The fourth-order valence-electron chi connectivity index (χ4n) is 2.03. The highest BCUT2D eigenvalue weighted by molar-refractivity contribution is 6.01. The third-order valence-corrected chi connectivity index (χ3v) is 3.04. The third kappa shape index (κ3) is 9.08. The zero-order valence-corrected chi connectivity index (χ0v) is 17.0. The van der Waals surface area contributed by atoms with Crippen molar-refractivity contribution in [1.82, 2.24) is 5.32 Å². The number of Topliss-reactive ketones (excluding diaryl/α,β-unsaturated/α-hetero) is 1. The van der Waals surface area contributed by atoms with Crippen molar-refractivity contribution in [3.05, 3.63) is 29.8 Å². The molecule has 0 aliphatic heterocycles. The Morgan fingerprint density at radius 2 is 1.44 bits per heavy atom. The minimum absolute atomic E-state index is 0.221. The first-order chi connectivity index (χ1) is 12.3. The van der Waals surface area contributed by atoms with Crippen LogP contribution < -0.4 is 10.1 Å². The van der Waals surface area contributed by atoms with Crippen LogP contribution in [-0.4, -0.2) is 41.7 Å². The van der Waals surface area contributed by atoms with Crippen LogP contribution in [0.15, 0.2) is 24.3 Å². The van der Waals surface area contributed by atoms with Gasteiger partial charge in [-0.15, -0.1) is 0 Å². The predicted molar refractivity (Wildman–Crippen MR) is 101 cm³/mol. The van der Waals surface area contributed by atoms with Crippen molar-refractivity contribution in [3.8, 4) is 5.75 Å². The summed E-state index contributed by atoms with van der Waals surface area (Å²) in [6.07, 6.45) is -0.652. The zero-order chi connectivity index (χ0) is 20.8. The van der Waals surface area contributed by atoms with Gasteiger partial charge in [-0.2, -0.15) is 0 Å². The van der Waals surface area contributed by atoms with Crippen molar-refractivity contribution < 1.29 is 28.6 Å². The van der Waals surface area contributed by atoms with E-state index >= 15 is 0 Å². The molecule has 0 bridgehead atoms. The molecule has 1 N–H and O–H groups in total. The second-order valence-corrected chi connectivity index (χ2v) is 8.13. The first kappa shape index (κ1) is 22.5. The Morgan fingerprint density at radius 1 is 0.926 bits per heavy atom. The Hall–Kier alpha value is -2.57. The summed E-state index contributed by atoms with van der Waals surface area (Å²) in [7, 11) is 0. The lowest BCUT2D eigenvalue weighted by Crippen LogP contribution is -2.41. The van der Waals surface area contributed by atoms with Gasteiger partial charge in [0.15, 0.2) is 12.4 Å². The van der Waals surface area contributed by atoms with E-state index in [0.29, 0.717) is 11.3 Å². The van der Waals surface area contributed by atoms with Crippen molar-refractivity contribution in [1.29, 1.82) is 0 Å². The van der Waals surface area contributed by atoms with Gasteiger partial charge < -0.3 is 19.5 Å². The molecule has 7 nitrogen and oxygen atoms in total. The van der Waals surface area contributed by atoms with Crippen molar-refractivity contribution in [3.63, 3.8) is 0 Å². The molecule has 1 amide bonds. The van der Waals surface area contributed by atoms with Crippen molar-refractivity contribution in [2.45, 2.75) is 65.7 Å². The van der Waals surface area contributed by atoms with Crippen molar-refractivity contribution in [2.24, 2.45) is 0 Å². The molecule has 0 saturated carbocycles. The summed E-state index contributed by atoms with van der Waals surface area (Å²) in [5.74, 6) is -0.303. The Kier molecular flexibility index (Phi) is 7.39. The number of esters is 1. The summed E-state index contributed by atoms with van der Waals surface area (Å²) >= 11 is 0. The van der Waals surface area contributed by atoms with Gasteiger partial charge in [-0.05, 0) is 72.7 Å². The normalized spacial score (nSPS) is 12.7. The molecule has 1 rings (SSSR count). The molecule has 0 saturated heterocycles. The number of carbonyl (C=O) groups is 3. The molecule has 1 aromatic carbocycles. The first-order valence-corrected chi connectivity index (χ1v) is 8.75. The van der Waals surface area contributed by atoms with Gasteiger partial charge in [-0.1, -0.05) is 0 Å². The van der Waals surface area contributed by atoms with E-state index in [9.17, 15) is 14.4 Å². The molecule has 0 aliphatic carbocycles. The number of carbonyl (C=O) groups excluding carboxylic acids is 3. The Bertz CT molecular complexity index is 667. The van der Waals surface area contributed by atoms with Gasteiger partial charge >= 0.3 is 12.1 Å². The van der Waals surface area contributed by atoms with E-state index < -0.39 is 29.3 Å². The second kappa shape index (κ2) is 8.88. The molecule has 7 heteroatoms. The number of rotatable bonds is 6. The molecule has 0 aliphatic rings. The summed E-state index contributed by atoms with van der Waals surface area (Å²) in [5, 5.41) is 2.51. The number of nitrogens with one attached hydrogen (secondary N) is 1. The van der Waals surface area contributed by atoms with E-state index in [2.05, 4.69) is 5.32 Å². The van der Waals surface area contributed by atoms with E-state index in [0.717, 1.165) is 0 Å². The average Bonchev–Trinajstić information content (AvgIpc) is 2.49. The summed E-state index contributed by atoms with van der Waals surface area (Å²) < 4.78 is 15.6. The maximum atomic E-state index is 12.4. The van der Waals surface area contributed by atoms with Crippen molar-refractivity contribution in [2.75, 3.05) is 6.61 Å². The van der Waals surface area contributed by atoms with Crippen LogP contribution in [0.3, 0.4) is 0 Å². The van der Waals surface area contributed by atoms with Crippen LogP contribution in [0.25, 0.3) is 0 Å². The van der Waals surface area contributed by atoms with Crippen LogP contribution in [0.1, 0.15) is 58.8 Å². The van der Waals surface area contributed by atoms with Crippen LogP contribution in [0.4, 0.5) is 4.79 Å². The van der Waals surface area contributed by atoms with Gasteiger partial charge in [0.25, 0.3) is 0 Å². The molecule has 0 aromatic heterocycles. The van der Waals surface area contributed by atoms with Gasteiger partial charge in [-0.25, -0.2) is 9.59 Å². The fourth-order valence-corrected chi connectivity index (χ4v) is 2.03. The number of amides is 1. The minimum atomic E-state index is -0.742. The zero-order valence-electron chi connectivity index (χ0n) is 17.0. The number of benzene rings is 1. The van der Waals surface area contributed by atoms with Gasteiger partial charge in [-0.3, -0.25) is 4.79 Å². The molecule has 0 heterocycles. The second-order valence-electron chi connectivity index (χ2n) is 8.13. The molecule has 1 unspecified atom stereocenters. The van der Waals surface area contributed by atoms with Gasteiger partial charge in [0.2, 0.25) is 0 Å². The van der Waals surface area contributed by atoms with Crippen LogP contribution in [-0.2, 0) is 14.3 Å². The number of hydrogen-bond acceptors (Lipinski definition) is 6. The predicted octanol–water partition coefficient (Wildman–Crippen LogP) is 3.50. The quantitative estimate of drug-likeness (QED) is 0.601. The molecule has 0 radical (unpaired) electrons. The first-order valence-electron chi connectivity index (χ1n) is 8.75. The summed E-state index contributed by atoms with van der Waals surface area (Å²) in [5.41, 5.74) is -0.809. The molecule has 1 aromatic rings. The maximum absolute atomic E-state index is 12.4. The standard InChI is InChI=1S/C20H29NO6/c1-13(21-18(24)27-20(5,6)7)17(23)14-8-10-15(11-9-14)25-12-16(22)26-19(2,3)4/h8-11,13H,12H2,1-7H3,(H,21,24). The monoisotopic (exact) mass is 379 g/mol. The van der Waals surface area contributed by atoms with Crippen LogP contribution in [0.5, 0.6) is 5.75 Å². The van der Waals surface area contributed by atoms with E-state index in [1.807, 2.05) is 0 Å². The maximum Gasteiger partial charge on any atom is 0.408 e. The summed E-state index contributed by atoms with van der Waals surface area (Å²) in [6, 6.07) is 5.56. The number of ketones is 1. The van der Waals surface area contributed by atoms with Crippen LogP contribution in [0, 0.1) is 0 Å². The summed E-state index contributed by atoms with van der Waals surface area (Å²) in [6.45, 7) is 11.9. The lowest BCUT2D eigenvalue weighted by molar-refractivity contribution is -0.157. The smallest absolute Gasteiger partial charge is 0.408 e. The number of ether oxygens (including phenoxy) is 3. The van der Waals surface area contributed by atoms with Crippen molar-refractivity contribution >= 4 is 17.8 Å². The number of alkyl carbamates (subject to hydrolysis) is 1. The SMILES string of the molecule is CC(NC(=O)OC(C)(C)C)C(=O)c1ccc(OCC(=O)OC(C)(C)C)cc1. The van der Waals surface area contributed by atoms with E-state index in [1.54, 1.807) is 72.7 Å². The summed E-state index contributed by atoms with van der Waals surface area (Å²) in [4.78, 5) is 35.8. The van der Waals surface area contributed by atoms with E-state index in [1.165, 1.54) is 0 Å². The molecule has 27 heavy (non-hydrogen) atoms. The molecule has 1 atom stereocenters. The highest BCUT2D eigenvalue weighted by Crippen LogP contribution is 2.15. The Labute approximate surface area is 160 Å². The topological polar surface area (TPSA) is 90.9 Å². The Morgan fingerprint density at radius 3 is 1.93 bits per heavy atom. The average molecular weight is 379 g/mol. The lowest BCUT2D eigenvalue weighted by Gasteiger charge is -2.21. The van der Waals surface area contributed by atoms with Gasteiger partial charge in [0, 0.05) is 5.56 Å². The largest absolute Gasteiger partial charge is 0.482 e. The van der Waals surface area contributed by atoms with Gasteiger partial charge in [0.05, 0.1) is 6.04 Å².